The van der Waals surface area contributed by atoms with E-state index in [1.54, 1.807) is 13.8 Å². The van der Waals surface area contributed by atoms with Crippen LogP contribution >= 0.6 is 0 Å². The third-order valence-electron chi connectivity index (χ3n) is 16.4. The number of carboxylic acids is 1. The van der Waals surface area contributed by atoms with Crippen LogP contribution in [0.25, 0.3) is 0 Å². The van der Waals surface area contributed by atoms with Gasteiger partial charge in [0.15, 0.2) is 5.78 Å². The van der Waals surface area contributed by atoms with E-state index in [-0.39, 0.29) is 46.0 Å². The first kappa shape index (κ1) is 38.5. The molecule has 0 saturated heterocycles. The van der Waals surface area contributed by atoms with E-state index in [0.717, 1.165) is 95.6 Å². The van der Waals surface area contributed by atoms with Crippen molar-refractivity contribution in [1.29, 1.82) is 0 Å². The van der Waals surface area contributed by atoms with E-state index in [0.29, 0.717) is 41.8 Å². The number of ketones is 1. The van der Waals surface area contributed by atoms with Gasteiger partial charge >= 0.3 is 11.9 Å². The lowest BCUT2D eigenvalue weighted by molar-refractivity contribution is -0.214. The van der Waals surface area contributed by atoms with Crippen molar-refractivity contribution in [2.75, 3.05) is 13.6 Å². The van der Waals surface area contributed by atoms with Crippen molar-refractivity contribution >= 4 is 23.6 Å². The maximum Gasteiger partial charge on any atom is 0.309 e. The van der Waals surface area contributed by atoms with Crippen LogP contribution < -0.4 is 0 Å². The molecular weight excluding hydrogens is 638 g/mol. The minimum atomic E-state index is -1.15. The molecule has 6 aliphatic rings. The number of esters is 1. The van der Waals surface area contributed by atoms with Crippen molar-refractivity contribution in [1.82, 2.24) is 4.90 Å². The average molecular weight is 708 g/mol. The third-order valence-corrected chi connectivity index (χ3v) is 16.4. The molecule has 1 N–H and O–H groups in total. The summed E-state index contributed by atoms with van der Waals surface area (Å²) in [5.41, 5.74) is 1.48. The summed E-state index contributed by atoms with van der Waals surface area (Å²) in [6, 6.07) is 0. The highest BCUT2D eigenvalue weighted by Gasteiger charge is 2.66. The molecule has 51 heavy (non-hydrogen) atoms. The molecule has 6 aliphatic carbocycles. The van der Waals surface area contributed by atoms with Gasteiger partial charge in [0, 0.05) is 36.8 Å². The van der Waals surface area contributed by atoms with Crippen LogP contribution in [0.2, 0.25) is 0 Å². The predicted molar refractivity (Wildman–Crippen MR) is 200 cm³/mol. The molecule has 0 spiro atoms. The molecule has 0 bridgehead atoms. The summed E-state index contributed by atoms with van der Waals surface area (Å²) in [6.07, 6.45) is 15.4. The summed E-state index contributed by atoms with van der Waals surface area (Å²) < 4.78 is 6.16. The number of carboxylic acid groups (broad SMARTS) is 1. The van der Waals surface area contributed by atoms with Crippen molar-refractivity contribution in [3.8, 4) is 0 Å². The average Bonchev–Trinajstić information content (AvgIpc) is 3.37. The number of Topliss-reactive ketones (excluding diaryl/α,β-unsaturated/α-hetero) is 1. The SMILES string of the molecule is CC(C)C1=C2C3CCC4C(C)(CCC5C(C)(C)C(OC(=O)CC(C)(C)C(=O)O)CCC54C)C3CCC2(CCN(C)C(=O)C2CCCCC2)CC1=O. The Hall–Kier alpha value is -2.18. The highest BCUT2D eigenvalue weighted by Crippen LogP contribution is 2.73. The topological polar surface area (TPSA) is 101 Å². The van der Waals surface area contributed by atoms with Gasteiger partial charge in [0.25, 0.3) is 0 Å². The van der Waals surface area contributed by atoms with Gasteiger partial charge in [0.2, 0.25) is 5.91 Å². The Balaban J connectivity index is 1.22. The fraction of sp³-hybridized carbons (Fsp3) is 0.864. The molecule has 0 aromatic carbocycles. The fourth-order valence-corrected chi connectivity index (χ4v) is 13.7. The van der Waals surface area contributed by atoms with Gasteiger partial charge in [0.05, 0.1) is 11.8 Å². The molecule has 6 rings (SSSR count). The zero-order chi connectivity index (χ0) is 37.3. The highest BCUT2D eigenvalue weighted by molar-refractivity contribution is 6.00. The van der Waals surface area contributed by atoms with E-state index in [4.69, 9.17) is 4.74 Å². The van der Waals surface area contributed by atoms with E-state index in [1.165, 1.54) is 12.0 Å². The molecular formula is C44H69NO6. The summed E-state index contributed by atoms with van der Waals surface area (Å²) in [7, 11) is 2.00. The molecule has 0 radical (unpaired) electrons. The van der Waals surface area contributed by atoms with E-state index < -0.39 is 17.4 Å². The number of carbonyl (C=O) groups excluding carboxylic acids is 3. The summed E-state index contributed by atoms with van der Waals surface area (Å²) >= 11 is 0. The Bertz CT molecular complexity index is 1440. The number of amides is 1. The Morgan fingerprint density at radius 2 is 1.55 bits per heavy atom. The van der Waals surface area contributed by atoms with Crippen LogP contribution in [-0.2, 0) is 23.9 Å². The molecule has 5 saturated carbocycles. The standard InChI is InChI=1S/C44H69NO6/c1-27(2)36-31(46)25-44(23-24-45(9)38(48)28-13-11-10-12-14-28)22-17-30-29(37(36)44)15-16-33-42(30,7)20-18-32-41(5,6)34(19-21-43(32,33)8)51-35(47)26-40(3,4)39(49)50/h27-30,32-34H,10-26H2,1-9H3,(H,49,50). The molecule has 7 heteroatoms. The van der Waals surface area contributed by atoms with E-state index >= 15 is 0 Å². The Kier molecular flexibility index (Phi) is 10.3. The van der Waals surface area contributed by atoms with Crippen LogP contribution in [0.1, 0.15) is 158 Å². The van der Waals surface area contributed by atoms with Crippen molar-refractivity contribution in [3.63, 3.8) is 0 Å². The zero-order valence-electron chi connectivity index (χ0n) is 33.5. The molecule has 8 atom stereocenters. The van der Waals surface area contributed by atoms with Gasteiger partial charge in [-0.3, -0.25) is 19.2 Å². The van der Waals surface area contributed by atoms with Crippen LogP contribution in [0.4, 0.5) is 0 Å². The number of ether oxygens (including phenoxy) is 1. The van der Waals surface area contributed by atoms with E-state index in [9.17, 15) is 24.3 Å². The molecule has 5 fully saturated rings. The lowest BCUT2D eigenvalue weighted by Gasteiger charge is -2.69. The number of rotatable bonds is 9. The number of nitrogens with zero attached hydrogens (tertiary/aromatic N) is 1. The van der Waals surface area contributed by atoms with Gasteiger partial charge in [-0.05, 0) is 130 Å². The van der Waals surface area contributed by atoms with Crippen molar-refractivity contribution in [3.05, 3.63) is 11.1 Å². The largest absolute Gasteiger partial charge is 0.481 e. The van der Waals surface area contributed by atoms with Gasteiger partial charge in [0.1, 0.15) is 6.10 Å². The van der Waals surface area contributed by atoms with E-state index in [1.807, 2.05) is 11.9 Å². The molecule has 1 amide bonds. The van der Waals surface area contributed by atoms with Gasteiger partial charge < -0.3 is 14.7 Å². The quantitative estimate of drug-likeness (QED) is 0.240. The second-order valence-corrected chi connectivity index (χ2v) is 20.4. The number of aliphatic carboxylic acids is 1. The summed E-state index contributed by atoms with van der Waals surface area (Å²) in [5, 5.41) is 9.59. The van der Waals surface area contributed by atoms with Crippen molar-refractivity contribution in [2.45, 2.75) is 164 Å². The van der Waals surface area contributed by atoms with Crippen LogP contribution in [0.5, 0.6) is 0 Å². The van der Waals surface area contributed by atoms with Crippen molar-refractivity contribution < 1.29 is 29.0 Å². The van der Waals surface area contributed by atoms with Crippen LogP contribution in [0.3, 0.4) is 0 Å². The minimum absolute atomic E-state index is 0.109. The summed E-state index contributed by atoms with van der Waals surface area (Å²) in [4.78, 5) is 54.2. The molecule has 8 unspecified atom stereocenters. The number of hydrogen-bond acceptors (Lipinski definition) is 5. The smallest absolute Gasteiger partial charge is 0.309 e. The van der Waals surface area contributed by atoms with E-state index in [2.05, 4.69) is 41.5 Å². The zero-order valence-corrected chi connectivity index (χ0v) is 33.5. The predicted octanol–water partition coefficient (Wildman–Crippen LogP) is 9.42. The van der Waals surface area contributed by atoms with Gasteiger partial charge in [-0.25, -0.2) is 0 Å². The minimum Gasteiger partial charge on any atom is -0.481 e. The van der Waals surface area contributed by atoms with Crippen LogP contribution in [-0.4, -0.2) is 53.3 Å². The lowest BCUT2D eigenvalue weighted by Crippen LogP contribution is -2.63. The Morgan fingerprint density at radius 1 is 0.882 bits per heavy atom. The molecule has 0 aromatic heterocycles. The summed E-state index contributed by atoms with van der Waals surface area (Å²) in [6.45, 7) is 18.1. The lowest BCUT2D eigenvalue weighted by atomic mass is 9.36. The number of hydrogen-bond donors (Lipinski definition) is 1. The molecule has 0 aliphatic heterocycles. The summed E-state index contributed by atoms with van der Waals surface area (Å²) in [5.74, 6) is 1.66. The van der Waals surface area contributed by atoms with Gasteiger partial charge in [-0.15, -0.1) is 0 Å². The Labute approximate surface area is 308 Å². The molecule has 0 aromatic rings. The fourth-order valence-electron chi connectivity index (χ4n) is 13.7. The van der Waals surface area contributed by atoms with Crippen molar-refractivity contribution in [2.24, 2.45) is 62.6 Å². The first-order chi connectivity index (χ1) is 23.8. The maximum absolute atomic E-state index is 14.0. The van der Waals surface area contributed by atoms with Crippen LogP contribution in [0, 0.1) is 62.6 Å². The molecule has 7 nitrogen and oxygen atoms in total. The van der Waals surface area contributed by atoms with Crippen LogP contribution in [0.15, 0.2) is 11.1 Å². The second kappa shape index (κ2) is 13.6. The number of allylic oxidation sites excluding steroid dienone is 2. The first-order valence-corrected chi connectivity index (χ1v) is 20.7. The Morgan fingerprint density at radius 3 is 2.20 bits per heavy atom. The number of carbonyl (C=O) groups is 4. The second-order valence-electron chi connectivity index (χ2n) is 20.4. The third kappa shape index (κ3) is 6.44. The molecule has 286 valence electrons. The monoisotopic (exact) mass is 708 g/mol. The normalized spacial score (nSPS) is 38.0. The van der Waals surface area contributed by atoms with Gasteiger partial charge in [-0.2, -0.15) is 0 Å². The highest BCUT2D eigenvalue weighted by atomic mass is 16.5. The maximum atomic E-state index is 14.0. The first-order valence-electron chi connectivity index (χ1n) is 20.7. The number of fused-ring (bicyclic) bond motifs is 7. The van der Waals surface area contributed by atoms with Gasteiger partial charge in [-0.1, -0.05) is 66.4 Å². The molecule has 0 heterocycles.